The number of carbonyl (C=O) groups excluding carboxylic acids is 2. The first kappa shape index (κ1) is 15.6. The zero-order valence-electron chi connectivity index (χ0n) is 13.8. The summed E-state index contributed by atoms with van der Waals surface area (Å²) < 4.78 is 1.17. The average Bonchev–Trinajstić information content (AvgIpc) is 3.30. The van der Waals surface area contributed by atoms with Gasteiger partial charge in [0.05, 0.1) is 22.2 Å². The number of amides is 2. The van der Waals surface area contributed by atoms with Crippen molar-refractivity contribution in [3.05, 3.63) is 29.3 Å². The Kier molecular flexibility index (Phi) is 4.00. The van der Waals surface area contributed by atoms with E-state index in [0.717, 1.165) is 29.9 Å². The Labute approximate surface area is 145 Å². The molecule has 5 nitrogen and oxygen atoms in total. The molecule has 4 rings (SSSR count). The average molecular weight is 343 g/mol. The van der Waals surface area contributed by atoms with E-state index in [2.05, 4.69) is 6.07 Å². The van der Waals surface area contributed by atoms with Gasteiger partial charge in [-0.25, -0.2) is 4.98 Å². The van der Waals surface area contributed by atoms with Crippen molar-refractivity contribution in [1.29, 1.82) is 0 Å². The summed E-state index contributed by atoms with van der Waals surface area (Å²) in [5.41, 5.74) is 1.00. The molecule has 2 aliphatic rings. The Morgan fingerprint density at radius 1 is 1.38 bits per heavy atom. The third-order valence-corrected chi connectivity index (χ3v) is 6.21. The quantitative estimate of drug-likeness (QED) is 0.861. The van der Waals surface area contributed by atoms with Crippen LogP contribution in [0.3, 0.4) is 0 Å². The SMILES string of the molecule is CCN1C[C@H](C(=O)N2CCC[C@@H]2c2nc3ccccc3s2)CC1=O. The van der Waals surface area contributed by atoms with Crippen molar-refractivity contribution >= 4 is 33.4 Å². The van der Waals surface area contributed by atoms with Crippen molar-refractivity contribution < 1.29 is 9.59 Å². The van der Waals surface area contributed by atoms with Crippen LogP contribution in [0.1, 0.15) is 37.2 Å². The maximum atomic E-state index is 13.0. The molecule has 2 aliphatic heterocycles. The summed E-state index contributed by atoms with van der Waals surface area (Å²) in [5, 5.41) is 1.03. The van der Waals surface area contributed by atoms with Gasteiger partial charge < -0.3 is 9.80 Å². The summed E-state index contributed by atoms with van der Waals surface area (Å²) in [6, 6.07) is 8.18. The molecule has 1 aromatic heterocycles. The minimum atomic E-state index is -0.188. The molecule has 6 heteroatoms. The molecule has 0 spiro atoms. The van der Waals surface area contributed by atoms with Gasteiger partial charge in [-0.2, -0.15) is 0 Å². The van der Waals surface area contributed by atoms with Crippen LogP contribution >= 0.6 is 11.3 Å². The topological polar surface area (TPSA) is 53.5 Å². The van der Waals surface area contributed by atoms with Crippen LogP contribution in [0.25, 0.3) is 10.2 Å². The van der Waals surface area contributed by atoms with E-state index in [9.17, 15) is 9.59 Å². The van der Waals surface area contributed by atoms with Crippen LogP contribution in [-0.2, 0) is 9.59 Å². The minimum absolute atomic E-state index is 0.0701. The van der Waals surface area contributed by atoms with Gasteiger partial charge in [0.15, 0.2) is 0 Å². The van der Waals surface area contributed by atoms with Gasteiger partial charge in [0.1, 0.15) is 5.01 Å². The number of fused-ring (bicyclic) bond motifs is 1. The Balaban J connectivity index is 1.56. The standard InChI is InChI=1S/C18H21N3O2S/c1-2-20-11-12(10-16(20)22)18(23)21-9-5-7-14(21)17-19-13-6-3-4-8-15(13)24-17/h3-4,6,8,12,14H,2,5,7,9-11H2,1H3/t12-,14-/m1/s1. The van der Waals surface area contributed by atoms with Gasteiger partial charge in [-0.3, -0.25) is 9.59 Å². The third kappa shape index (κ3) is 2.59. The number of rotatable bonds is 3. The summed E-state index contributed by atoms with van der Waals surface area (Å²) >= 11 is 1.68. The summed E-state index contributed by atoms with van der Waals surface area (Å²) in [6.45, 7) is 3.99. The number of nitrogens with zero attached hydrogens (tertiary/aromatic N) is 3. The summed E-state index contributed by atoms with van der Waals surface area (Å²) in [6.07, 6.45) is 2.32. The molecule has 2 atom stereocenters. The van der Waals surface area contributed by atoms with Crippen molar-refractivity contribution in [2.24, 2.45) is 5.92 Å². The van der Waals surface area contributed by atoms with Gasteiger partial charge in [-0.05, 0) is 31.9 Å². The van der Waals surface area contributed by atoms with Gasteiger partial charge in [0, 0.05) is 26.1 Å². The smallest absolute Gasteiger partial charge is 0.228 e. The fourth-order valence-electron chi connectivity index (χ4n) is 3.80. The van der Waals surface area contributed by atoms with Gasteiger partial charge in [0.2, 0.25) is 11.8 Å². The number of para-hydroxylation sites is 1. The van der Waals surface area contributed by atoms with Crippen LogP contribution < -0.4 is 0 Å². The molecular weight excluding hydrogens is 322 g/mol. The lowest BCUT2D eigenvalue weighted by atomic mass is 10.1. The summed E-state index contributed by atoms with van der Waals surface area (Å²) in [4.78, 5) is 33.4. The largest absolute Gasteiger partial charge is 0.342 e. The minimum Gasteiger partial charge on any atom is -0.342 e. The maximum Gasteiger partial charge on any atom is 0.228 e. The van der Waals surface area contributed by atoms with E-state index < -0.39 is 0 Å². The first-order chi connectivity index (χ1) is 11.7. The Morgan fingerprint density at radius 3 is 2.96 bits per heavy atom. The fourth-order valence-corrected chi connectivity index (χ4v) is 4.91. The fraction of sp³-hybridized carbons (Fsp3) is 0.500. The molecule has 3 heterocycles. The number of likely N-dealkylation sites (tertiary alicyclic amines) is 2. The highest BCUT2D eigenvalue weighted by Gasteiger charge is 2.40. The van der Waals surface area contributed by atoms with E-state index in [1.807, 2.05) is 30.0 Å². The monoisotopic (exact) mass is 343 g/mol. The highest BCUT2D eigenvalue weighted by molar-refractivity contribution is 7.18. The predicted octanol–water partition coefficient (Wildman–Crippen LogP) is 2.83. The zero-order valence-corrected chi connectivity index (χ0v) is 14.6. The van der Waals surface area contributed by atoms with Crippen LogP contribution in [0.15, 0.2) is 24.3 Å². The molecule has 24 heavy (non-hydrogen) atoms. The lowest BCUT2D eigenvalue weighted by molar-refractivity contribution is -0.136. The van der Waals surface area contributed by atoms with E-state index in [4.69, 9.17) is 4.98 Å². The van der Waals surface area contributed by atoms with Crippen LogP contribution in [0.4, 0.5) is 0 Å². The zero-order chi connectivity index (χ0) is 16.7. The molecule has 0 bridgehead atoms. The van der Waals surface area contributed by atoms with Gasteiger partial charge >= 0.3 is 0 Å². The highest BCUT2D eigenvalue weighted by atomic mass is 32.1. The molecule has 0 radical (unpaired) electrons. The first-order valence-corrected chi connectivity index (χ1v) is 9.42. The van der Waals surface area contributed by atoms with Crippen LogP contribution in [0.5, 0.6) is 0 Å². The molecule has 0 aliphatic carbocycles. The molecule has 126 valence electrons. The van der Waals surface area contributed by atoms with Gasteiger partial charge in [-0.1, -0.05) is 12.1 Å². The van der Waals surface area contributed by atoms with Crippen molar-refractivity contribution in [3.63, 3.8) is 0 Å². The molecule has 0 N–H and O–H groups in total. The third-order valence-electron chi connectivity index (χ3n) is 5.08. The second kappa shape index (κ2) is 6.16. The van der Waals surface area contributed by atoms with Crippen LogP contribution in [-0.4, -0.2) is 46.2 Å². The lowest BCUT2D eigenvalue weighted by Gasteiger charge is -2.26. The maximum absolute atomic E-state index is 13.0. The Morgan fingerprint density at radius 2 is 2.21 bits per heavy atom. The number of aromatic nitrogens is 1. The highest BCUT2D eigenvalue weighted by Crippen LogP contribution is 2.38. The molecule has 1 aromatic carbocycles. The number of thiazole rings is 1. The second-order valence-electron chi connectivity index (χ2n) is 6.54. The second-order valence-corrected chi connectivity index (χ2v) is 7.61. The van der Waals surface area contributed by atoms with Gasteiger partial charge in [0.25, 0.3) is 0 Å². The van der Waals surface area contributed by atoms with Crippen LogP contribution in [0.2, 0.25) is 0 Å². The van der Waals surface area contributed by atoms with Gasteiger partial charge in [-0.15, -0.1) is 11.3 Å². The molecule has 2 fully saturated rings. The Bertz CT molecular complexity index is 754. The molecular formula is C18H21N3O2S. The lowest BCUT2D eigenvalue weighted by Crippen LogP contribution is -2.37. The van der Waals surface area contributed by atoms with Crippen molar-refractivity contribution in [2.75, 3.05) is 19.6 Å². The molecule has 0 saturated carbocycles. The van der Waals surface area contributed by atoms with Crippen LogP contribution in [0, 0.1) is 5.92 Å². The molecule has 2 amide bonds. The Hall–Kier alpha value is -1.95. The van der Waals surface area contributed by atoms with E-state index in [-0.39, 0.29) is 23.8 Å². The molecule has 2 aromatic rings. The predicted molar refractivity (Wildman–Crippen MR) is 93.7 cm³/mol. The number of carbonyl (C=O) groups is 2. The van der Waals surface area contributed by atoms with Crippen molar-refractivity contribution in [1.82, 2.24) is 14.8 Å². The van der Waals surface area contributed by atoms with Crippen molar-refractivity contribution in [2.45, 2.75) is 32.2 Å². The van der Waals surface area contributed by atoms with E-state index in [1.54, 1.807) is 16.2 Å². The first-order valence-electron chi connectivity index (χ1n) is 8.61. The molecule has 2 saturated heterocycles. The number of hydrogen-bond acceptors (Lipinski definition) is 4. The van der Waals surface area contributed by atoms with Crippen molar-refractivity contribution in [3.8, 4) is 0 Å². The molecule has 0 unspecified atom stereocenters. The normalized spacial score (nSPS) is 24.3. The number of benzene rings is 1. The summed E-state index contributed by atoms with van der Waals surface area (Å²) in [5.74, 6) is 0.0417. The number of hydrogen-bond donors (Lipinski definition) is 0. The summed E-state index contributed by atoms with van der Waals surface area (Å²) in [7, 11) is 0. The van der Waals surface area contributed by atoms with E-state index in [0.29, 0.717) is 19.5 Å². The van der Waals surface area contributed by atoms with E-state index in [1.165, 1.54) is 4.70 Å². The van der Waals surface area contributed by atoms with E-state index >= 15 is 0 Å².